The Morgan fingerprint density at radius 3 is 2.42 bits per heavy atom. The van der Waals surface area contributed by atoms with Gasteiger partial charge in [0.15, 0.2) is 6.73 Å². The lowest BCUT2D eigenvalue weighted by molar-refractivity contribution is -0.139. The quantitative estimate of drug-likeness (QED) is 0.627. The molecule has 0 atom stereocenters. The summed E-state index contributed by atoms with van der Waals surface area (Å²) in [5, 5.41) is 0. The molecular formula is C17H13NO5S. The number of carbonyl (C=O) groups is 2. The van der Waals surface area contributed by atoms with E-state index in [1.54, 1.807) is 18.2 Å². The van der Waals surface area contributed by atoms with E-state index in [9.17, 15) is 18.0 Å². The van der Waals surface area contributed by atoms with Crippen LogP contribution in [0.25, 0.3) is 6.08 Å². The Morgan fingerprint density at radius 2 is 1.71 bits per heavy atom. The van der Waals surface area contributed by atoms with Crippen LogP contribution < -0.4 is 0 Å². The fraction of sp³-hybridized carbons (Fsp3) is 0.0588. The standard InChI is InChI=1S/C17H13NO5S/c19-16(11-10-13-6-2-1-3-7-13)23-12-18-17(20)14-8-4-5-9-15(14)24(18,21)22/h1-11H,12H2/b11-10+. The van der Waals surface area contributed by atoms with Gasteiger partial charge in [-0.1, -0.05) is 42.5 Å². The zero-order chi connectivity index (χ0) is 17.2. The van der Waals surface area contributed by atoms with Crippen LogP contribution in [0, 0.1) is 0 Å². The molecule has 6 nitrogen and oxygen atoms in total. The predicted molar refractivity (Wildman–Crippen MR) is 86.2 cm³/mol. The summed E-state index contributed by atoms with van der Waals surface area (Å²) < 4.78 is 30.0. The smallest absolute Gasteiger partial charge is 0.332 e. The molecule has 122 valence electrons. The molecule has 0 fully saturated rings. The van der Waals surface area contributed by atoms with Crippen molar-refractivity contribution in [2.45, 2.75) is 4.90 Å². The van der Waals surface area contributed by atoms with Crippen LogP contribution in [0.5, 0.6) is 0 Å². The number of amides is 1. The second-order valence-electron chi connectivity index (χ2n) is 4.99. The van der Waals surface area contributed by atoms with Crippen molar-refractivity contribution in [1.82, 2.24) is 4.31 Å². The lowest BCUT2D eigenvalue weighted by Gasteiger charge is -2.14. The van der Waals surface area contributed by atoms with E-state index in [1.165, 1.54) is 30.4 Å². The van der Waals surface area contributed by atoms with E-state index >= 15 is 0 Å². The molecule has 0 unspecified atom stereocenters. The molecular weight excluding hydrogens is 330 g/mol. The summed E-state index contributed by atoms with van der Waals surface area (Å²) in [6, 6.07) is 15.0. The first kappa shape index (κ1) is 15.9. The molecule has 0 saturated heterocycles. The molecule has 2 aromatic carbocycles. The molecule has 0 aliphatic carbocycles. The van der Waals surface area contributed by atoms with Crippen LogP contribution in [0.4, 0.5) is 0 Å². The Balaban J connectivity index is 1.68. The zero-order valence-electron chi connectivity index (χ0n) is 12.5. The van der Waals surface area contributed by atoms with Crippen LogP contribution in [0.2, 0.25) is 0 Å². The summed E-state index contributed by atoms with van der Waals surface area (Å²) in [5.74, 6) is -1.44. The number of carbonyl (C=O) groups excluding carboxylic acids is 2. The van der Waals surface area contributed by atoms with E-state index in [0.29, 0.717) is 4.31 Å². The highest BCUT2D eigenvalue weighted by Gasteiger charge is 2.41. The molecule has 0 saturated carbocycles. The Labute approximate surface area is 139 Å². The Bertz CT molecular complexity index is 919. The second-order valence-corrected chi connectivity index (χ2v) is 6.82. The highest BCUT2D eigenvalue weighted by atomic mass is 32.2. The molecule has 1 aliphatic heterocycles. The zero-order valence-corrected chi connectivity index (χ0v) is 13.3. The average molecular weight is 343 g/mol. The van der Waals surface area contributed by atoms with Crippen molar-refractivity contribution in [3.63, 3.8) is 0 Å². The number of hydrogen-bond acceptors (Lipinski definition) is 5. The minimum Gasteiger partial charge on any atom is -0.440 e. The van der Waals surface area contributed by atoms with Gasteiger partial charge in [0, 0.05) is 6.08 Å². The van der Waals surface area contributed by atoms with Gasteiger partial charge in [0.25, 0.3) is 15.9 Å². The molecule has 7 heteroatoms. The number of esters is 1. The maximum Gasteiger partial charge on any atom is 0.332 e. The van der Waals surface area contributed by atoms with Gasteiger partial charge in [-0.2, -0.15) is 4.31 Å². The predicted octanol–water partition coefficient (Wildman–Crippen LogP) is 2.05. The van der Waals surface area contributed by atoms with Crippen molar-refractivity contribution in [1.29, 1.82) is 0 Å². The summed E-state index contributed by atoms with van der Waals surface area (Å²) in [5.41, 5.74) is 0.875. The fourth-order valence-corrected chi connectivity index (χ4v) is 3.69. The maximum absolute atomic E-state index is 12.3. The van der Waals surface area contributed by atoms with E-state index in [-0.39, 0.29) is 10.5 Å². The van der Waals surface area contributed by atoms with Crippen molar-refractivity contribution in [3.8, 4) is 0 Å². The van der Waals surface area contributed by atoms with Gasteiger partial charge in [-0.25, -0.2) is 13.2 Å². The normalized spacial score (nSPS) is 15.5. The van der Waals surface area contributed by atoms with Gasteiger partial charge in [0.05, 0.1) is 5.56 Å². The van der Waals surface area contributed by atoms with Crippen LogP contribution in [-0.4, -0.2) is 31.3 Å². The monoisotopic (exact) mass is 343 g/mol. The third-order valence-electron chi connectivity index (χ3n) is 3.45. The molecule has 1 heterocycles. The highest BCUT2D eigenvalue weighted by molar-refractivity contribution is 7.90. The number of hydrogen-bond donors (Lipinski definition) is 0. The summed E-state index contributed by atoms with van der Waals surface area (Å²) in [6.45, 7) is -0.659. The lowest BCUT2D eigenvalue weighted by Crippen LogP contribution is -2.33. The largest absolute Gasteiger partial charge is 0.440 e. The van der Waals surface area contributed by atoms with Crippen molar-refractivity contribution in [3.05, 3.63) is 71.8 Å². The van der Waals surface area contributed by atoms with Crippen LogP contribution in [0.3, 0.4) is 0 Å². The van der Waals surface area contributed by atoms with Gasteiger partial charge in [0.1, 0.15) is 4.90 Å². The first-order chi connectivity index (χ1) is 11.5. The summed E-state index contributed by atoms with van der Waals surface area (Å²) in [7, 11) is -3.98. The lowest BCUT2D eigenvalue weighted by atomic mass is 10.2. The number of nitrogens with zero attached hydrogens (tertiary/aromatic N) is 1. The summed E-state index contributed by atoms with van der Waals surface area (Å²) in [6.07, 6.45) is 2.72. The van der Waals surface area contributed by atoms with Crippen molar-refractivity contribution >= 4 is 28.0 Å². The van der Waals surface area contributed by atoms with Crippen molar-refractivity contribution < 1.29 is 22.7 Å². The molecule has 1 aliphatic rings. The van der Waals surface area contributed by atoms with Gasteiger partial charge in [-0.05, 0) is 23.8 Å². The molecule has 24 heavy (non-hydrogen) atoms. The fourth-order valence-electron chi connectivity index (χ4n) is 2.26. The maximum atomic E-state index is 12.3. The van der Waals surface area contributed by atoms with E-state index < -0.39 is 28.6 Å². The molecule has 0 radical (unpaired) electrons. The van der Waals surface area contributed by atoms with Gasteiger partial charge in [0.2, 0.25) is 0 Å². The first-order valence-corrected chi connectivity index (χ1v) is 8.50. The molecule has 3 rings (SSSR count). The Morgan fingerprint density at radius 1 is 1.04 bits per heavy atom. The summed E-state index contributed by atoms with van der Waals surface area (Å²) in [4.78, 5) is 23.8. The third kappa shape index (κ3) is 2.93. The van der Waals surface area contributed by atoms with Crippen LogP contribution in [0.15, 0.2) is 65.6 Å². The molecule has 0 N–H and O–H groups in total. The number of ether oxygens (including phenoxy) is 1. The van der Waals surface area contributed by atoms with E-state index in [4.69, 9.17) is 4.74 Å². The molecule has 0 bridgehead atoms. The number of benzene rings is 2. The van der Waals surface area contributed by atoms with Crippen LogP contribution in [0.1, 0.15) is 15.9 Å². The van der Waals surface area contributed by atoms with E-state index in [0.717, 1.165) is 5.56 Å². The molecule has 0 spiro atoms. The third-order valence-corrected chi connectivity index (χ3v) is 5.21. The number of sulfonamides is 1. The second kappa shape index (κ2) is 6.29. The van der Waals surface area contributed by atoms with Crippen LogP contribution in [-0.2, 0) is 19.6 Å². The van der Waals surface area contributed by atoms with Crippen molar-refractivity contribution in [2.24, 2.45) is 0 Å². The average Bonchev–Trinajstić information content (AvgIpc) is 2.79. The summed E-state index contributed by atoms with van der Waals surface area (Å²) >= 11 is 0. The van der Waals surface area contributed by atoms with Crippen molar-refractivity contribution in [2.75, 3.05) is 6.73 Å². The highest BCUT2D eigenvalue weighted by Crippen LogP contribution is 2.29. The SMILES string of the molecule is O=C(/C=C/c1ccccc1)OCN1C(=O)c2ccccc2S1(=O)=O. The number of fused-ring (bicyclic) bond motifs is 1. The Kier molecular flexibility index (Phi) is 4.18. The minimum atomic E-state index is -3.98. The van der Waals surface area contributed by atoms with Gasteiger partial charge >= 0.3 is 5.97 Å². The molecule has 2 aromatic rings. The van der Waals surface area contributed by atoms with E-state index in [1.807, 2.05) is 18.2 Å². The topological polar surface area (TPSA) is 80.8 Å². The first-order valence-electron chi connectivity index (χ1n) is 7.06. The molecule has 1 amide bonds. The Hall–Kier alpha value is -2.93. The van der Waals surface area contributed by atoms with Gasteiger partial charge < -0.3 is 4.74 Å². The molecule has 0 aromatic heterocycles. The number of rotatable bonds is 4. The van der Waals surface area contributed by atoms with Gasteiger partial charge in [-0.15, -0.1) is 0 Å². The van der Waals surface area contributed by atoms with Crippen LogP contribution >= 0.6 is 0 Å². The van der Waals surface area contributed by atoms with E-state index in [2.05, 4.69) is 0 Å². The van der Waals surface area contributed by atoms with Gasteiger partial charge in [-0.3, -0.25) is 4.79 Å². The minimum absolute atomic E-state index is 0.0772.